The molecule has 0 bridgehead atoms. The lowest BCUT2D eigenvalue weighted by Crippen LogP contribution is -2.17. The molecule has 0 radical (unpaired) electrons. The Kier molecular flexibility index (Phi) is 5.36. The number of hydrogen-bond donors (Lipinski definition) is 1. The van der Waals surface area contributed by atoms with Crippen LogP contribution in [0.3, 0.4) is 0 Å². The number of amides is 1. The van der Waals surface area contributed by atoms with Crippen LogP contribution in [0.25, 0.3) is 5.69 Å². The number of anilines is 1. The maximum absolute atomic E-state index is 14.0. The summed E-state index contributed by atoms with van der Waals surface area (Å²) in [6.45, 7) is 1.57. The number of carbonyl (C=O) groups excluding carboxylic acids is 1. The molecule has 0 fully saturated rings. The van der Waals surface area contributed by atoms with Crippen LogP contribution >= 0.6 is 23.2 Å². The number of benzene rings is 2. The van der Waals surface area contributed by atoms with Gasteiger partial charge in [-0.25, -0.2) is 9.07 Å². The Morgan fingerprint density at radius 2 is 1.82 bits per heavy atom. The van der Waals surface area contributed by atoms with Crippen molar-refractivity contribution < 1.29 is 22.4 Å². The molecule has 1 aromatic heterocycles. The first-order chi connectivity index (χ1) is 13.1. The highest BCUT2D eigenvalue weighted by Gasteiger charge is 2.31. The summed E-state index contributed by atoms with van der Waals surface area (Å²) >= 11 is 11.9. The summed E-state index contributed by atoms with van der Waals surface area (Å²) in [5.74, 6) is -1.72. The van der Waals surface area contributed by atoms with Crippen molar-refractivity contribution in [1.29, 1.82) is 0 Å². The molecule has 2 aromatic carbocycles. The fourth-order valence-corrected chi connectivity index (χ4v) is 2.96. The second-order valence-corrected chi connectivity index (χ2v) is 6.61. The van der Waals surface area contributed by atoms with Crippen LogP contribution in [-0.4, -0.2) is 15.7 Å². The number of aromatic nitrogens is 2. The summed E-state index contributed by atoms with van der Waals surface area (Å²) in [5.41, 5.74) is -1.04. The second-order valence-electron chi connectivity index (χ2n) is 5.80. The lowest BCUT2D eigenvalue weighted by atomic mass is 10.2. The molecule has 28 heavy (non-hydrogen) atoms. The predicted octanol–water partition coefficient (Wildman–Crippen LogP) is 5.90. The molecule has 3 aromatic rings. The van der Waals surface area contributed by atoms with Gasteiger partial charge in [0.1, 0.15) is 11.6 Å². The number of halogens is 6. The Balaban J connectivity index is 2.05. The molecule has 0 saturated carbocycles. The fraction of sp³-hybridized carbons (Fsp3) is 0.111. The third-order valence-electron chi connectivity index (χ3n) is 3.76. The van der Waals surface area contributed by atoms with Crippen molar-refractivity contribution in [3.05, 3.63) is 75.1 Å². The maximum atomic E-state index is 14.0. The molecule has 10 heteroatoms. The fourth-order valence-electron chi connectivity index (χ4n) is 2.52. The molecule has 0 aliphatic carbocycles. The quantitative estimate of drug-likeness (QED) is 0.524. The number of carbonyl (C=O) groups is 1. The van der Waals surface area contributed by atoms with Gasteiger partial charge < -0.3 is 5.32 Å². The van der Waals surface area contributed by atoms with Gasteiger partial charge in [0, 0.05) is 6.07 Å². The molecule has 0 saturated heterocycles. The van der Waals surface area contributed by atoms with Crippen molar-refractivity contribution in [2.45, 2.75) is 13.1 Å². The van der Waals surface area contributed by atoms with E-state index in [9.17, 15) is 22.4 Å². The monoisotopic (exact) mass is 431 g/mol. The lowest BCUT2D eigenvalue weighted by Gasteiger charge is -2.14. The highest BCUT2D eigenvalue weighted by atomic mass is 35.5. The van der Waals surface area contributed by atoms with Crippen LogP contribution in [-0.2, 0) is 6.18 Å². The van der Waals surface area contributed by atoms with E-state index in [1.54, 1.807) is 6.92 Å². The van der Waals surface area contributed by atoms with Gasteiger partial charge in [-0.3, -0.25) is 4.79 Å². The van der Waals surface area contributed by atoms with E-state index >= 15 is 0 Å². The second kappa shape index (κ2) is 7.44. The molecule has 0 aliphatic rings. The molecule has 1 N–H and O–H groups in total. The third-order valence-corrected chi connectivity index (χ3v) is 4.40. The summed E-state index contributed by atoms with van der Waals surface area (Å²) in [6.07, 6.45) is -4.59. The molecule has 1 heterocycles. The van der Waals surface area contributed by atoms with Crippen LogP contribution in [0, 0.1) is 12.7 Å². The van der Waals surface area contributed by atoms with Crippen LogP contribution in [0.4, 0.5) is 23.4 Å². The van der Waals surface area contributed by atoms with E-state index in [4.69, 9.17) is 23.2 Å². The Morgan fingerprint density at radius 3 is 2.46 bits per heavy atom. The van der Waals surface area contributed by atoms with Gasteiger partial charge >= 0.3 is 6.18 Å². The molecule has 0 atom stereocenters. The van der Waals surface area contributed by atoms with Crippen LogP contribution < -0.4 is 5.32 Å². The number of alkyl halides is 3. The zero-order valence-corrected chi connectivity index (χ0v) is 15.6. The smallest absolute Gasteiger partial charge is 0.306 e. The SMILES string of the molecule is Cc1cc(NC(=O)c2c(F)cccc2Cl)n(-c2cc(C(F)(F)F)ccc2Cl)n1. The molecule has 0 unspecified atom stereocenters. The van der Waals surface area contributed by atoms with Crippen molar-refractivity contribution in [3.8, 4) is 5.69 Å². The van der Waals surface area contributed by atoms with Crippen LogP contribution in [0.1, 0.15) is 21.6 Å². The highest BCUT2D eigenvalue weighted by Crippen LogP contribution is 2.34. The van der Waals surface area contributed by atoms with Crippen molar-refractivity contribution >= 4 is 34.9 Å². The maximum Gasteiger partial charge on any atom is 0.416 e. The normalized spacial score (nSPS) is 11.5. The molecule has 1 amide bonds. The van der Waals surface area contributed by atoms with E-state index in [0.29, 0.717) is 5.69 Å². The number of nitrogens with one attached hydrogen (secondary N) is 1. The number of nitrogens with zero attached hydrogens (tertiary/aromatic N) is 2. The van der Waals surface area contributed by atoms with Gasteiger partial charge in [-0.1, -0.05) is 29.3 Å². The Labute approximate surface area is 166 Å². The van der Waals surface area contributed by atoms with E-state index in [0.717, 1.165) is 28.9 Å². The van der Waals surface area contributed by atoms with Crippen molar-refractivity contribution in [3.63, 3.8) is 0 Å². The Morgan fingerprint density at radius 1 is 1.11 bits per heavy atom. The van der Waals surface area contributed by atoms with E-state index in [-0.39, 0.29) is 21.6 Å². The average molecular weight is 432 g/mol. The standard InChI is InChI=1S/C18H11Cl2F4N3O/c1-9-7-15(25-17(28)16-12(20)3-2-4-13(16)21)27(26-9)14-8-10(18(22,23)24)5-6-11(14)19/h2-8H,1H3,(H,25,28). The van der Waals surface area contributed by atoms with Gasteiger partial charge in [0.05, 0.1) is 32.6 Å². The lowest BCUT2D eigenvalue weighted by molar-refractivity contribution is -0.137. The first-order valence-corrected chi connectivity index (χ1v) is 8.52. The number of hydrogen-bond acceptors (Lipinski definition) is 2. The summed E-state index contributed by atoms with van der Waals surface area (Å²) < 4.78 is 54.1. The molecular formula is C18H11Cl2F4N3O. The summed E-state index contributed by atoms with van der Waals surface area (Å²) in [5, 5.41) is 6.36. The van der Waals surface area contributed by atoms with Gasteiger partial charge in [-0.05, 0) is 37.3 Å². The Hall–Kier alpha value is -2.58. The zero-order valence-electron chi connectivity index (χ0n) is 14.1. The average Bonchev–Trinajstić information content (AvgIpc) is 2.94. The minimum Gasteiger partial charge on any atom is -0.306 e. The zero-order chi connectivity index (χ0) is 20.6. The van der Waals surface area contributed by atoms with E-state index < -0.39 is 29.0 Å². The molecule has 0 spiro atoms. The minimum absolute atomic E-state index is 0.00282. The van der Waals surface area contributed by atoms with Gasteiger partial charge in [0.2, 0.25) is 0 Å². The molecule has 146 valence electrons. The van der Waals surface area contributed by atoms with Crippen molar-refractivity contribution in [1.82, 2.24) is 9.78 Å². The molecule has 4 nitrogen and oxygen atoms in total. The number of rotatable bonds is 3. The van der Waals surface area contributed by atoms with Crippen LogP contribution in [0.15, 0.2) is 42.5 Å². The first kappa shape index (κ1) is 20.2. The Bertz CT molecular complexity index is 1040. The summed E-state index contributed by atoms with van der Waals surface area (Å²) in [4.78, 5) is 12.5. The van der Waals surface area contributed by atoms with Crippen LogP contribution in [0.5, 0.6) is 0 Å². The van der Waals surface area contributed by atoms with Crippen LogP contribution in [0.2, 0.25) is 10.0 Å². The highest BCUT2D eigenvalue weighted by molar-refractivity contribution is 6.34. The van der Waals surface area contributed by atoms with Crippen molar-refractivity contribution in [2.75, 3.05) is 5.32 Å². The van der Waals surface area contributed by atoms with Gasteiger partial charge in [-0.2, -0.15) is 18.3 Å². The van der Waals surface area contributed by atoms with Crippen molar-refractivity contribution in [2.24, 2.45) is 0 Å². The van der Waals surface area contributed by atoms with Gasteiger partial charge in [-0.15, -0.1) is 0 Å². The molecule has 3 rings (SSSR count). The minimum atomic E-state index is -4.59. The van der Waals surface area contributed by atoms with E-state index in [2.05, 4.69) is 10.4 Å². The van der Waals surface area contributed by atoms with Gasteiger partial charge in [0.15, 0.2) is 0 Å². The van der Waals surface area contributed by atoms with E-state index in [1.165, 1.54) is 18.2 Å². The first-order valence-electron chi connectivity index (χ1n) is 7.77. The molecule has 0 aliphatic heterocycles. The predicted molar refractivity (Wildman–Crippen MR) is 97.7 cm³/mol. The topological polar surface area (TPSA) is 46.9 Å². The summed E-state index contributed by atoms with van der Waals surface area (Å²) in [7, 11) is 0. The molecular weight excluding hydrogens is 421 g/mol. The number of aryl methyl sites for hydroxylation is 1. The summed E-state index contributed by atoms with van der Waals surface area (Å²) in [6, 6.07) is 7.86. The third kappa shape index (κ3) is 3.98. The van der Waals surface area contributed by atoms with Gasteiger partial charge in [0.25, 0.3) is 5.91 Å². The van der Waals surface area contributed by atoms with E-state index in [1.807, 2.05) is 0 Å². The largest absolute Gasteiger partial charge is 0.416 e.